The Morgan fingerprint density at radius 1 is 0.955 bits per heavy atom. The monoisotopic (exact) mass is 296 g/mol. The van der Waals surface area contributed by atoms with E-state index in [4.69, 9.17) is 0 Å². The first-order chi connectivity index (χ1) is 10.8. The zero-order valence-electron chi connectivity index (χ0n) is 13.2. The molecule has 1 aromatic heterocycles. The molecule has 2 aromatic rings. The molecule has 0 amide bonds. The fourth-order valence-electron chi connectivity index (χ4n) is 2.95. The Balaban J connectivity index is 1.44. The minimum absolute atomic E-state index is 0.622. The molecule has 2 heterocycles. The highest BCUT2D eigenvalue weighted by Crippen LogP contribution is 2.19. The first-order valence-corrected chi connectivity index (χ1v) is 8.12. The molecule has 1 aliphatic rings. The van der Waals surface area contributed by atoms with Crippen molar-refractivity contribution >= 4 is 5.95 Å². The summed E-state index contributed by atoms with van der Waals surface area (Å²) in [5.74, 6) is 1.48. The van der Waals surface area contributed by atoms with Crippen molar-refractivity contribution in [1.82, 2.24) is 14.9 Å². The third kappa shape index (κ3) is 3.83. The summed E-state index contributed by atoms with van der Waals surface area (Å²) in [4.78, 5) is 13.5. The normalized spacial score (nSPS) is 17.4. The van der Waals surface area contributed by atoms with Crippen molar-refractivity contribution in [2.75, 3.05) is 37.6 Å². The summed E-state index contributed by atoms with van der Waals surface area (Å²) < 4.78 is 0. The highest BCUT2D eigenvalue weighted by atomic mass is 15.3. The quantitative estimate of drug-likeness (QED) is 0.849. The first-order valence-electron chi connectivity index (χ1n) is 8.12. The Labute approximate surface area is 132 Å². The van der Waals surface area contributed by atoms with E-state index in [2.05, 4.69) is 57.0 Å². The van der Waals surface area contributed by atoms with Crippen LogP contribution in [0.25, 0.3) is 0 Å². The minimum Gasteiger partial charge on any atom is -0.338 e. The molecule has 3 rings (SSSR count). The van der Waals surface area contributed by atoms with E-state index in [1.807, 2.05) is 18.5 Å². The van der Waals surface area contributed by atoms with Gasteiger partial charge in [-0.25, -0.2) is 9.97 Å². The van der Waals surface area contributed by atoms with E-state index in [0.29, 0.717) is 5.92 Å². The van der Waals surface area contributed by atoms with E-state index in [-0.39, 0.29) is 0 Å². The lowest BCUT2D eigenvalue weighted by Crippen LogP contribution is -2.47. The van der Waals surface area contributed by atoms with Crippen LogP contribution in [0, 0.1) is 0 Å². The van der Waals surface area contributed by atoms with Crippen LogP contribution in [0.4, 0.5) is 5.95 Å². The average molecular weight is 296 g/mol. The molecule has 1 fully saturated rings. The predicted octanol–water partition coefficient (Wildman–Crippen LogP) is 2.79. The van der Waals surface area contributed by atoms with E-state index in [0.717, 1.165) is 32.1 Å². The largest absolute Gasteiger partial charge is 0.338 e. The summed E-state index contributed by atoms with van der Waals surface area (Å²) in [5.41, 5.74) is 1.44. The maximum absolute atomic E-state index is 4.34. The highest BCUT2D eigenvalue weighted by molar-refractivity contribution is 5.29. The molecule has 1 atom stereocenters. The number of piperazine rings is 1. The van der Waals surface area contributed by atoms with Crippen LogP contribution in [0.3, 0.4) is 0 Å². The fraction of sp³-hybridized carbons (Fsp3) is 0.444. The van der Waals surface area contributed by atoms with E-state index in [1.165, 1.54) is 18.5 Å². The Morgan fingerprint density at radius 2 is 1.64 bits per heavy atom. The fourth-order valence-corrected chi connectivity index (χ4v) is 2.95. The summed E-state index contributed by atoms with van der Waals surface area (Å²) in [6, 6.07) is 12.7. The van der Waals surface area contributed by atoms with Crippen LogP contribution in [0.1, 0.15) is 24.8 Å². The lowest BCUT2D eigenvalue weighted by atomic mass is 9.97. The number of anilines is 1. The maximum atomic E-state index is 4.34. The molecule has 116 valence electrons. The molecule has 1 unspecified atom stereocenters. The molecule has 4 heteroatoms. The van der Waals surface area contributed by atoms with Crippen LogP contribution in [0.15, 0.2) is 48.8 Å². The molecule has 0 aliphatic carbocycles. The van der Waals surface area contributed by atoms with Crippen LogP contribution in [0.2, 0.25) is 0 Å². The first kappa shape index (κ1) is 15.0. The van der Waals surface area contributed by atoms with E-state index < -0.39 is 0 Å². The Morgan fingerprint density at radius 3 is 2.32 bits per heavy atom. The van der Waals surface area contributed by atoms with Gasteiger partial charge in [0.25, 0.3) is 0 Å². The number of nitrogens with zero attached hydrogens (tertiary/aromatic N) is 4. The summed E-state index contributed by atoms with van der Waals surface area (Å²) in [5, 5.41) is 0. The molecule has 0 radical (unpaired) electrons. The van der Waals surface area contributed by atoms with Gasteiger partial charge in [-0.15, -0.1) is 0 Å². The third-order valence-corrected chi connectivity index (χ3v) is 4.45. The van der Waals surface area contributed by atoms with Gasteiger partial charge >= 0.3 is 0 Å². The minimum atomic E-state index is 0.622. The Hall–Kier alpha value is -1.94. The van der Waals surface area contributed by atoms with Crippen molar-refractivity contribution in [2.24, 2.45) is 0 Å². The van der Waals surface area contributed by atoms with Gasteiger partial charge in [0.2, 0.25) is 5.95 Å². The van der Waals surface area contributed by atoms with Crippen molar-refractivity contribution in [3.63, 3.8) is 0 Å². The zero-order chi connectivity index (χ0) is 15.2. The van der Waals surface area contributed by atoms with Crippen molar-refractivity contribution in [3.05, 3.63) is 54.4 Å². The van der Waals surface area contributed by atoms with Gasteiger partial charge in [-0.3, -0.25) is 4.90 Å². The lowest BCUT2D eigenvalue weighted by Gasteiger charge is -2.35. The second-order valence-corrected chi connectivity index (χ2v) is 5.98. The summed E-state index contributed by atoms with van der Waals surface area (Å²) in [6.07, 6.45) is 4.85. The van der Waals surface area contributed by atoms with Crippen LogP contribution < -0.4 is 4.90 Å². The van der Waals surface area contributed by atoms with Gasteiger partial charge in [-0.1, -0.05) is 37.3 Å². The second kappa shape index (κ2) is 7.36. The maximum Gasteiger partial charge on any atom is 0.225 e. The topological polar surface area (TPSA) is 32.3 Å². The highest BCUT2D eigenvalue weighted by Gasteiger charge is 2.19. The van der Waals surface area contributed by atoms with Gasteiger partial charge in [-0.05, 0) is 30.5 Å². The van der Waals surface area contributed by atoms with E-state index in [1.54, 1.807) is 0 Å². The number of benzene rings is 1. The lowest BCUT2D eigenvalue weighted by molar-refractivity contribution is 0.248. The molecule has 22 heavy (non-hydrogen) atoms. The van der Waals surface area contributed by atoms with Crippen LogP contribution in [-0.4, -0.2) is 47.6 Å². The van der Waals surface area contributed by atoms with Crippen LogP contribution in [0.5, 0.6) is 0 Å². The van der Waals surface area contributed by atoms with Crippen LogP contribution in [-0.2, 0) is 0 Å². The molecule has 0 bridgehead atoms. The molecule has 4 nitrogen and oxygen atoms in total. The van der Waals surface area contributed by atoms with Crippen molar-refractivity contribution in [3.8, 4) is 0 Å². The number of hydrogen-bond donors (Lipinski definition) is 0. The Bertz CT molecular complexity index is 550. The average Bonchev–Trinajstić information content (AvgIpc) is 2.61. The molecule has 1 aromatic carbocycles. The van der Waals surface area contributed by atoms with Crippen LogP contribution >= 0.6 is 0 Å². The smallest absolute Gasteiger partial charge is 0.225 e. The van der Waals surface area contributed by atoms with Gasteiger partial charge in [0.1, 0.15) is 0 Å². The van der Waals surface area contributed by atoms with Gasteiger partial charge in [-0.2, -0.15) is 0 Å². The third-order valence-electron chi connectivity index (χ3n) is 4.45. The summed E-state index contributed by atoms with van der Waals surface area (Å²) in [7, 11) is 0. The molecule has 0 spiro atoms. The molecule has 0 saturated carbocycles. The molecule has 1 saturated heterocycles. The molecular weight excluding hydrogens is 272 g/mol. The second-order valence-electron chi connectivity index (χ2n) is 5.98. The summed E-state index contributed by atoms with van der Waals surface area (Å²) in [6.45, 7) is 7.72. The number of rotatable bonds is 5. The summed E-state index contributed by atoms with van der Waals surface area (Å²) >= 11 is 0. The molecule has 1 aliphatic heterocycles. The predicted molar refractivity (Wildman–Crippen MR) is 90.2 cm³/mol. The van der Waals surface area contributed by atoms with E-state index in [9.17, 15) is 0 Å². The SMILES string of the molecule is CC(CCN1CCN(c2ncccn2)CC1)c1ccccc1. The molecular formula is C18H24N4. The van der Waals surface area contributed by atoms with Crippen molar-refractivity contribution in [1.29, 1.82) is 0 Å². The number of aromatic nitrogens is 2. The zero-order valence-corrected chi connectivity index (χ0v) is 13.2. The van der Waals surface area contributed by atoms with Gasteiger partial charge in [0, 0.05) is 38.6 Å². The Kier molecular flexibility index (Phi) is 5.01. The standard InChI is InChI=1S/C18H24N4/c1-16(17-6-3-2-4-7-17)8-11-21-12-14-22(15-13-21)18-19-9-5-10-20-18/h2-7,9-10,16H,8,11-15H2,1H3. The molecule has 0 N–H and O–H groups in total. The van der Waals surface area contributed by atoms with Gasteiger partial charge < -0.3 is 4.90 Å². The van der Waals surface area contributed by atoms with Gasteiger partial charge in [0.15, 0.2) is 0 Å². The number of hydrogen-bond acceptors (Lipinski definition) is 4. The van der Waals surface area contributed by atoms with Gasteiger partial charge in [0.05, 0.1) is 0 Å². The van der Waals surface area contributed by atoms with Crippen molar-refractivity contribution in [2.45, 2.75) is 19.3 Å². The van der Waals surface area contributed by atoms with Crippen molar-refractivity contribution < 1.29 is 0 Å². The van der Waals surface area contributed by atoms with E-state index >= 15 is 0 Å².